The summed E-state index contributed by atoms with van der Waals surface area (Å²) < 4.78 is 5.19. The highest BCUT2D eigenvalue weighted by Gasteiger charge is 2.16. The van der Waals surface area contributed by atoms with Crippen molar-refractivity contribution in [1.29, 1.82) is 0 Å². The van der Waals surface area contributed by atoms with Crippen molar-refractivity contribution >= 4 is 22.6 Å². The van der Waals surface area contributed by atoms with Crippen LogP contribution in [0.2, 0.25) is 0 Å². The van der Waals surface area contributed by atoms with E-state index in [1.165, 1.54) is 32.1 Å². The zero-order valence-corrected chi connectivity index (χ0v) is 13.8. The molecule has 2 aromatic rings. The van der Waals surface area contributed by atoms with E-state index in [4.69, 9.17) is 4.74 Å². The summed E-state index contributed by atoms with van der Waals surface area (Å²) in [6, 6.07) is 13.1. The van der Waals surface area contributed by atoms with Crippen LogP contribution in [0, 0.1) is 5.92 Å². The minimum atomic E-state index is -0.459. The van der Waals surface area contributed by atoms with Crippen molar-refractivity contribution in [3.05, 3.63) is 48.0 Å². The Kier molecular flexibility index (Phi) is 5.47. The molecule has 0 bridgehead atoms. The van der Waals surface area contributed by atoms with E-state index in [2.05, 4.69) is 5.32 Å². The molecule has 0 aliphatic heterocycles. The maximum atomic E-state index is 12.3. The highest BCUT2D eigenvalue weighted by molar-refractivity contribution is 6.04. The van der Waals surface area contributed by atoms with Crippen molar-refractivity contribution in [2.75, 3.05) is 13.2 Å². The quantitative estimate of drug-likeness (QED) is 0.853. The summed E-state index contributed by atoms with van der Waals surface area (Å²) >= 11 is 0. The van der Waals surface area contributed by atoms with Crippen LogP contribution in [-0.4, -0.2) is 25.0 Å². The van der Waals surface area contributed by atoms with E-state index in [0.29, 0.717) is 18.0 Å². The van der Waals surface area contributed by atoms with Gasteiger partial charge in [-0.05, 0) is 35.6 Å². The van der Waals surface area contributed by atoms with E-state index < -0.39 is 5.97 Å². The van der Waals surface area contributed by atoms with Gasteiger partial charge in [-0.3, -0.25) is 4.79 Å². The lowest BCUT2D eigenvalue weighted by molar-refractivity contribution is -0.124. The van der Waals surface area contributed by atoms with Crippen molar-refractivity contribution in [1.82, 2.24) is 5.32 Å². The van der Waals surface area contributed by atoms with Crippen LogP contribution in [0.4, 0.5) is 0 Å². The second kappa shape index (κ2) is 7.95. The number of carbonyl (C=O) groups excluding carboxylic acids is 2. The van der Waals surface area contributed by atoms with Gasteiger partial charge in [0.2, 0.25) is 0 Å². The van der Waals surface area contributed by atoms with E-state index >= 15 is 0 Å². The summed E-state index contributed by atoms with van der Waals surface area (Å²) in [5, 5.41) is 4.70. The van der Waals surface area contributed by atoms with E-state index in [1.807, 2.05) is 36.4 Å². The van der Waals surface area contributed by atoms with Crippen LogP contribution < -0.4 is 5.32 Å². The third-order valence-electron chi connectivity index (χ3n) is 4.66. The molecule has 1 aliphatic rings. The van der Waals surface area contributed by atoms with Gasteiger partial charge in [0.05, 0.1) is 5.56 Å². The van der Waals surface area contributed by atoms with E-state index in [1.54, 1.807) is 6.07 Å². The normalized spacial score (nSPS) is 15.2. The Labute approximate surface area is 142 Å². The molecule has 4 nitrogen and oxygen atoms in total. The smallest absolute Gasteiger partial charge is 0.339 e. The molecule has 126 valence electrons. The number of nitrogens with one attached hydrogen (secondary N) is 1. The van der Waals surface area contributed by atoms with Crippen LogP contribution in [0.25, 0.3) is 10.8 Å². The number of esters is 1. The Hall–Kier alpha value is -2.36. The molecular formula is C20H23NO3. The van der Waals surface area contributed by atoms with Gasteiger partial charge in [-0.25, -0.2) is 4.79 Å². The standard InChI is InChI=1S/C20H23NO3/c22-19(21-13-15-7-2-1-3-8-15)14-24-20(23)18-12-6-10-16-9-4-5-11-17(16)18/h4-6,9-12,15H,1-3,7-8,13-14H2,(H,21,22). The largest absolute Gasteiger partial charge is 0.452 e. The summed E-state index contributed by atoms with van der Waals surface area (Å²) in [5.41, 5.74) is 0.494. The molecule has 0 spiro atoms. The molecule has 1 aliphatic carbocycles. The average molecular weight is 325 g/mol. The van der Waals surface area contributed by atoms with Crippen LogP contribution >= 0.6 is 0 Å². The van der Waals surface area contributed by atoms with Crippen LogP contribution in [0.15, 0.2) is 42.5 Å². The van der Waals surface area contributed by atoms with Crippen molar-refractivity contribution in [3.8, 4) is 0 Å². The number of amides is 1. The Morgan fingerprint density at radius 3 is 2.58 bits per heavy atom. The molecule has 0 unspecified atom stereocenters. The maximum Gasteiger partial charge on any atom is 0.339 e. The van der Waals surface area contributed by atoms with Gasteiger partial charge < -0.3 is 10.1 Å². The number of rotatable bonds is 5. The maximum absolute atomic E-state index is 12.3. The Bertz CT molecular complexity index is 714. The van der Waals surface area contributed by atoms with Gasteiger partial charge >= 0.3 is 5.97 Å². The molecule has 0 atom stereocenters. The summed E-state index contributed by atoms with van der Waals surface area (Å²) in [7, 11) is 0. The van der Waals surface area contributed by atoms with Crippen LogP contribution in [0.1, 0.15) is 42.5 Å². The SMILES string of the molecule is O=C(COC(=O)c1cccc2ccccc12)NCC1CCCCC1. The number of carbonyl (C=O) groups is 2. The lowest BCUT2D eigenvalue weighted by Crippen LogP contribution is -2.33. The Balaban J connectivity index is 1.52. The van der Waals surface area contributed by atoms with Crippen LogP contribution in [0.3, 0.4) is 0 Å². The number of hydrogen-bond donors (Lipinski definition) is 1. The van der Waals surface area contributed by atoms with Crippen LogP contribution in [-0.2, 0) is 9.53 Å². The first-order valence-corrected chi connectivity index (χ1v) is 8.65. The number of ether oxygens (including phenoxy) is 1. The molecule has 0 aromatic heterocycles. The number of hydrogen-bond acceptors (Lipinski definition) is 3. The summed E-state index contributed by atoms with van der Waals surface area (Å²) in [5.74, 6) is -0.120. The highest BCUT2D eigenvalue weighted by Crippen LogP contribution is 2.22. The number of benzene rings is 2. The van der Waals surface area contributed by atoms with E-state index in [9.17, 15) is 9.59 Å². The first-order chi connectivity index (χ1) is 11.7. The molecule has 0 heterocycles. The molecular weight excluding hydrogens is 302 g/mol. The third kappa shape index (κ3) is 4.13. The van der Waals surface area contributed by atoms with E-state index in [0.717, 1.165) is 10.8 Å². The minimum absolute atomic E-state index is 0.227. The highest BCUT2D eigenvalue weighted by atomic mass is 16.5. The van der Waals surface area contributed by atoms with Crippen LogP contribution in [0.5, 0.6) is 0 Å². The predicted molar refractivity (Wildman–Crippen MR) is 93.8 cm³/mol. The zero-order valence-electron chi connectivity index (χ0n) is 13.8. The second-order valence-electron chi connectivity index (χ2n) is 6.41. The summed E-state index contributed by atoms with van der Waals surface area (Å²) in [4.78, 5) is 24.2. The average Bonchev–Trinajstić information content (AvgIpc) is 2.64. The molecule has 4 heteroatoms. The summed E-state index contributed by atoms with van der Waals surface area (Å²) in [6.07, 6.45) is 6.15. The first kappa shape index (κ1) is 16.5. The summed E-state index contributed by atoms with van der Waals surface area (Å²) in [6.45, 7) is 0.458. The first-order valence-electron chi connectivity index (χ1n) is 8.65. The molecule has 3 rings (SSSR count). The third-order valence-corrected chi connectivity index (χ3v) is 4.66. The van der Waals surface area contributed by atoms with E-state index in [-0.39, 0.29) is 12.5 Å². The molecule has 1 fully saturated rings. The van der Waals surface area contributed by atoms with Gasteiger partial charge in [0, 0.05) is 6.54 Å². The Morgan fingerprint density at radius 2 is 1.75 bits per heavy atom. The fraction of sp³-hybridized carbons (Fsp3) is 0.400. The molecule has 1 amide bonds. The van der Waals surface area contributed by atoms with Crippen molar-refractivity contribution in [3.63, 3.8) is 0 Å². The minimum Gasteiger partial charge on any atom is -0.452 e. The van der Waals surface area contributed by atoms with Gasteiger partial charge in [0.15, 0.2) is 6.61 Å². The molecule has 2 aromatic carbocycles. The Morgan fingerprint density at radius 1 is 1.00 bits per heavy atom. The number of fused-ring (bicyclic) bond motifs is 1. The second-order valence-corrected chi connectivity index (χ2v) is 6.41. The van der Waals surface area contributed by atoms with Gasteiger partial charge in [-0.15, -0.1) is 0 Å². The van der Waals surface area contributed by atoms with Gasteiger partial charge in [-0.1, -0.05) is 55.7 Å². The molecule has 1 N–H and O–H groups in total. The van der Waals surface area contributed by atoms with Gasteiger partial charge in [0.25, 0.3) is 5.91 Å². The lowest BCUT2D eigenvalue weighted by atomic mass is 9.89. The van der Waals surface area contributed by atoms with Gasteiger partial charge in [0.1, 0.15) is 0 Å². The topological polar surface area (TPSA) is 55.4 Å². The van der Waals surface area contributed by atoms with Crippen molar-refractivity contribution in [2.24, 2.45) is 5.92 Å². The fourth-order valence-corrected chi connectivity index (χ4v) is 3.31. The monoisotopic (exact) mass is 325 g/mol. The molecule has 0 radical (unpaired) electrons. The lowest BCUT2D eigenvalue weighted by Gasteiger charge is -2.21. The van der Waals surface area contributed by atoms with Crippen molar-refractivity contribution < 1.29 is 14.3 Å². The predicted octanol–water partition coefficient (Wildman–Crippen LogP) is 3.69. The van der Waals surface area contributed by atoms with Crippen molar-refractivity contribution in [2.45, 2.75) is 32.1 Å². The van der Waals surface area contributed by atoms with Gasteiger partial charge in [-0.2, -0.15) is 0 Å². The zero-order chi connectivity index (χ0) is 16.8. The molecule has 24 heavy (non-hydrogen) atoms. The molecule has 1 saturated carbocycles. The fourth-order valence-electron chi connectivity index (χ4n) is 3.31. The molecule has 0 saturated heterocycles.